The van der Waals surface area contributed by atoms with Gasteiger partial charge in [0, 0.05) is 34.3 Å². The molecule has 2 rings (SSSR count). The third-order valence-electron chi connectivity index (χ3n) is 3.83. The average molecular weight is 481 g/mol. The maximum Gasteiger partial charge on any atom is 0.416 e. The zero-order valence-electron chi connectivity index (χ0n) is 13.4. The maximum atomic E-state index is 13.0. The van der Waals surface area contributed by atoms with Crippen molar-refractivity contribution in [2.24, 2.45) is 0 Å². The van der Waals surface area contributed by atoms with Crippen LogP contribution in [0.3, 0.4) is 0 Å². The van der Waals surface area contributed by atoms with Crippen LogP contribution in [0, 0.1) is 0 Å². The van der Waals surface area contributed by atoms with Crippen molar-refractivity contribution in [1.82, 2.24) is 3.53 Å². The molecule has 0 heterocycles. The average Bonchev–Trinajstić information content (AvgIpc) is 2.61. The lowest BCUT2D eigenvalue weighted by Crippen LogP contribution is -2.10. The molecule has 2 unspecified atom stereocenters. The van der Waals surface area contributed by atoms with Crippen LogP contribution in [0.1, 0.15) is 35.6 Å². The molecule has 7 heteroatoms. The van der Waals surface area contributed by atoms with Crippen molar-refractivity contribution in [2.75, 3.05) is 6.54 Å². The first-order valence-electron chi connectivity index (χ1n) is 7.89. The smallest absolute Gasteiger partial charge is 0.261 e. The van der Waals surface area contributed by atoms with Gasteiger partial charge in [-0.2, -0.15) is 13.2 Å². The van der Waals surface area contributed by atoms with Crippen molar-refractivity contribution in [3.05, 3.63) is 65.7 Å². The summed E-state index contributed by atoms with van der Waals surface area (Å²) in [6, 6.07) is 14.1. The third-order valence-corrected chi connectivity index (χ3v) is 6.13. The van der Waals surface area contributed by atoms with Gasteiger partial charge >= 0.3 is 6.18 Å². The van der Waals surface area contributed by atoms with E-state index < -0.39 is 22.5 Å². The topological polar surface area (TPSA) is 29.1 Å². The van der Waals surface area contributed by atoms with Gasteiger partial charge in [0.25, 0.3) is 0 Å². The SMILES string of the molecule is O=S(c1ccc(C(F)(F)F)cc1)C(CCCCNI)c1ccccc1. The van der Waals surface area contributed by atoms with Crippen LogP contribution in [-0.4, -0.2) is 10.8 Å². The van der Waals surface area contributed by atoms with Crippen LogP contribution in [0.4, 0.5) is 13.2 Å². The Kier molecular flexibility index (Phi) is 7.89. The summed E-state index contributed by atoms with van der Waals surface area (Å²) in [4.78, 5) is 0.425. The van der Waals surface area contributed by atoms with Crippen LogP contribution < -0.4 is 3.53 Å². The highest BCUT2D eigenvalue weighted by Gasteiger charge is 2.30. The maximum absolute atomic E-state index is 13.0. The first-order chi connectivity index (χ1) is 11.9. The van der Waals surface area contributed by atoms with E-state index in [1.165, 1.54) is 12.1 Å². The molecule has 0 spiro atoms. The number of halogens is 4. The lowest BCUT2D eigenvalue weighted by atomic mass is 10.1. The summed E-state index contributed by atoms with van der Waals surface area (Å²) >= 11 is 2.09. The molecule has 0 fully saturated rings. The molecule has 0 aliphatic rings. The normalized spacial score (nSPS) is 14.2. The van der Waals surface area contributed by atoms with E-state index in [2.05, 4.69) is 26.4 Å². The second-order valence-electron chi connectivity index (χ2n) is 5.60. The van der Waals surface area contributed by atoms with Gasteiger partial charge in [0.1, 0.15) is 0 Å². The summed E-state index contributed by atoms with van der Waals surface area (Å²) in [5, 5.41) is -0.229. The first-order valence-corrected chi connectivity index (χ1v) is 10.2. The van der Waals surface area contributed by atoms with E-state index in [1.807, 2.05) is 30.3 Å². The first kappa shape index (κ1) is 20.4. The van der Waals surface area contributed by atoms with Crippen molar-refractivity contribution in [2.45, 2.75) is 35.6 Å². The number of benzene rings is 2. The second kappa shape index (κ2) is 9.68. The Morgan fingerprint density at radius 3 is 2.20 bits per heavy atom. The largest absolute Gasteiger partial charge is 0.416 e. The van der Waals surface area contributed by atoms with Gasteiger partial charge in [0.05, 0.1) is 21.6 Å². The molecule has 2 aromatic rings. The molecule has 0 saturated heterocycles. The molecule has 0 radical (unpaired) electrons. The lowest BCUT2D eigenvalue weighted by Gasteiger charge is -2.18. The van der Waals surface area contributed by atoms with Gasteiger partial charge in [0.15, 0.2) is 0 Å². The van der Waals surface area contributed by atoms with Gasteiger partial charge in [-0.15, -0.1) is 0 Å². The summed E-state index contributed by atoms with van der Waals surface area (Å²) in [5.41, 5.74) is 0.223. The van der Waals surface area contributed by atoms with Crippen molar-refractivity contribution < 1.29 is 17.4 Å². The molecule has 2 atom stereocenters. The summed E-state index contributed by atoms with van der Waals surface area (Å²) in [6.07, 6.45) is -1.82. The predicted octanol–water partition coefficient (Wildman–Crippen LogP) is 5.66. The number of unbranched alkanes of at least 4 members (excludes halogenated alkanes) is 1. The van der Waals surface area contributed by atoms with Gasteiger partial charge in [-0.25, -0.2) is 0 Å². The molecule has 0 amide bonds. The number of alkyl halides is 3. The molecule has 0 aliphatic heterocycles. The van der Waals surface area contributed by atoms with Crippen LogP contribution in [-0.2, 0) is 17.0 Å². The van der Waals surface area contributed by atoms with Crippen molar-refractivity contribution in [1.29, 1.82) is 0 Å². The quantitative estimate of drug-likeness (QED) is 0.300. The minimum Gasteiger partial charge on any atom is -0.261 e. The Bertz CT molecular complexity index is 677. The molecular formula is C18H19F3INOS. The van der Waals surface area contributed by atoms with Gasteiger partial charge in [0.2, 0.25) is 0 Å². The molecular weight excluding hydrogens is 462 g/mol. The highest BCUT2D eigenvalue weighted by Crippen LogP contribution is 2.33. The Labute approximate surface area is 162 Å². The van der Waals surface area contributed by atoms with Crippen LogP contribution >= 0.6 is 22.9 Å². The fourth-order valence-corrected chi connectivity index (χ4v) is 4.43. The number of hydrogen-bond donors (Lipinski definition) is 1. The van der Waals surface area contributed by atoms with Crippen LogP contribution in [0.15, 0.2) is 59.5 Å². The Morgan fingerprint density at radius 1 is 1.00 bits per heavy atom. The van der Waals surface area contributed by atoms with Crippen LogP contribution in [0.5, 0.6) is 0 Å². The Morgan fingerprint density at radius 2 is 1.64 bits per heavy atom. The fraction of sp³-hybridized carbons (Fsp3) is 0.333. The van der Waals surface area contributed by atoms with E-state index in [-0.39, 0.29) is 5.25 Å². The van der Waals surface area contributed by atoms with Crippen molar-refractivity contribution >= 4 is 33.7 Å². The Balaban J connectivity index is 2.19. The number of rotatable bonds is 8. The summed E-state index contributed by atoms with van der Waals surface area (Å²) < 4.78 is 54.1. The molecule has 0 saturated carbocycles. The summed E-state index contributed by atoms with van der Waals surface area (Å²) in [5.74, 6) is 0. The predicted molar refractivity (Wildman–Crippen MR) is 103 cm³/mol. The van der Waals surface area contributed by atoms with Crippen molar-refractivity contribution in [3.63, 3.8) is 0 Å². The number of hydrogen-bond acceptors (Lipinski definition) is 2. The monoisotopic (exact) mass is 481 g/mol. The van der Waals surface area contributed by atoms with E-state index >= 15 is 0 Å². The van der Waals surface area contributed by atoms with Gasteiger partial charge in [-0.05, 0) is 42.7 Å². The van der Waals surface area contributed by atoms with Crippen LogP contribution in [0.25, 0.3) is 0 Å². The van der Waals surface area contributed by atoms with E-state index in [4.69, 9.17) is 0 Å². The standard InChI is InChI=1S/C18H19F3INOS/c19-18(20,21)15-9-11-16(12-10-15)25(24)17(8-4-5-13-23-22)14-6-2-1-3-7-14/h1-3,6-7,9-12,17,23H,4-5,8,13H2. The van der Waals surface area contributed by atoms with Gasteiger partial charge in [-0.1, -0.05) is 36.8 Å². The van der Waals surface area contributed by atoms with Gasteiger partial charge < -0.3 is 0 Å². The van der Waals surface area contributed by atoms with E-state index in [0.717, 1.165) is 43.5 Å². The molecule has 25 heavy (non-hydrogen) atoms. The molecule has 0 aromatic heterocycles. The second-order valence-corrected chi connectivity index (χ2v) is 8.00. The van der Waals surface area contributed by atoms with E-state index in [1.54, 1.807) is 0 Å². The van der Waals surface area contributed by atoms with E-state index in [0.29, 0.717) is 4.90 Å². The summed E-state index contributed by atoms with van der Waals surface area (Å²) in [6.45, 7) is 0.870. The van der Waals surface area contributed by atoms with Crippen molar-refractivity contribution in [3.8, 4) is 0 Å². The lowest BCUT2D eigenvalue weighted by molar-refractivity contribution is -0.137. The molecule has 2 aromatic carbocycles. The third kappa shape index (κ3) is 6.07. The van der Waals surface area contributed by atoms with Crippen LogP contribution in [0.2, 0.25) is 0 Å². The molecule has 136 valence electrons. The molecule has 0 aliphatic carbocycles. The summed E-state index contributed by atoms with van der Waals surface area (Å²) in [7, 11) is -1.40. The molecule has 2 nitrogen and oxygen atoms in total. The highest BCUT2D eigenvalue weighted by molar-refractivity contribution is 14.1. The number of nitrogens with one attached hydrogen (secondary N) is 1. The Hall–Kier alpha value is -0.930. The minimum absolute atomic E-state index is 0.229. The molecule has 0 bridgehead atoms. The fourth-order valence-electron chi connectivity index (χ4n) is 2.53. The zero-order chi connectivity index (χ0) is 18.3. The minimum atomic E-state index is -4.38. The molecule has 1 N–H and O–H groups in total. The van der Waals surface area contributed by atoms with E-state index in [9.17, 15) is 17.4 Å². The zero-order valence-corrected chi connectivity index (χ0v) is 16.4. The highest BCUT2D eigenvalue weighted by atomic mass is 127. The van der Waals surface area contributed by atoms with Gasteiger partial charge in [-0.3, -0.25) is 7.74 Å².